The molecule has 0 spiro atoms. The van der Waals surface area contributed by atoms with E-state index < -0.39 is 11.2 Å². The van der Waals surface area contributed by atoms with Gasteiger partial charge in [-0.05, 0) is 135 Å². The average molecular weight is 527 g/mol. The minimum Gasteiger partial charge on any atom is -0.390 e. The van der Waals surface area contributed by atoms with Crippen molar-refractivity contribution in [3.63, 3.8) is 0 Å². The Morgan fingerprint density at radius 3 is 0.868 bits per heavy atom. The first-order chi connectivity index (χ1) is 18.0. The summed E-state index contributed by atoms with van der Waals surface area (Å²) in [5.74, 6) is 0. The van der Waals surface area contributed by atoms with Crippen molar-refractivity contribution in [3.8, 4) is 0 Å². The molecule has 2 heteroatoms. The molecule has 2 nitrogen and oxygen atoms in total. The van der Waals surface area contributed by atoms with Gasteiger partial charge in [0.15, 0.2) is 0 Å². The van der Waals surface area contributed by atoms with Crippen LogP contribution in [0.3, 0.4) is 0 Å². The monoisotopic (exact) mass is 526 g/mol. The summed E-state index contributed by atoms with van der Waals surface area (Å²) in [6, 6.07) is 0. The Kier molecular flexibility index (Phi) is 6.80. The average Bonchev–Trinajstić information content (AvgIpc) is 2.81. The summed E-state index contributed by atoms with van der Waals surface area (Å²) in [7, 11) is 0. The highest BCUT2D eigenvalue weighted by Gasteiger charge is 2.77. The predicted octanol–water partition coefficient (Wildman–Crippen LogP) is 9.89. The molecule has 0 aromatic heterocycles. The first-order valence-electron chi connectivity index (χ1n) is 17.4. The Hall–Kier alpha value is -0.0800. The normalized spacial score (nSPS) is 52.3. The summed E-state index contributed by atoms with van der Waals surface area (Å²) in [5.41, 5.74) is 1.02. The van der Waals surface area contributed by atoms with Crippen LogP contribution in [-0.4, -0.2) is 21.4 Å². The highest BCUT2D eigenvalue weighted by molar-refractivity contribution is 5.28. The molecule has 8 rings (SSSR count). The Labute approximate surface area is 235 Å². The van der Waals surface area contributed by atoms with E-state index in [0.717, 1.165) is 38.5 Å². The Balaban J connectivity index is 1.46. The third-order valence-corrected chi connectivity index (χ3v) is 13.9. The van der Waals surface area contributed by atoms with E-state index in [2.05, 4.69) is 27.7 Å². The topological polar surface area (TPSA) is 40.5 Å². The summed E-state index contributed by atoms with van der Waals surface area (Å²) in [4.78, 5) is 0. The van der Waals surface area contributed by atoms with Crippen LogP contribution in [-0.2, 0) is 0 Å². The van der Waals surface area contributed by atoms with E-state index in [1.807, 2.05) is 0 Å². The van der Waals surface area contributed by atoms with Gasteiger partial charge in [0.2, 0.25) is 0 Å². The van der Waals surface area contributed by atoms with Crippen molar-refractivity contribution in [1.82, 2.24) is 0 Å². The zero-order chi connectivity index (χ0) is 27.0. The second-order valence-corrected chi connectivity index (χ2v) is 17.5. The van der Waals surface area contributed by atoms with Crippen LogP contribution in [0.15, 0.2) is 0 Å². The zero-order valence-electron chi connectivity index (χ0n) is 25.9. The van der Waals surface area contributed by atoms with Crippen LogP contribution in [0, 0.1) is 32.5 Å². The van der Waals surface area contributed by atoms with Gasteiger partial charge in [-0.1, -0.05) is 79.1 Å². The maximum absolute atomic E-state index is 12.5. The van der Waals surface area contributed by atoms with Gasteiger partial charge in [0.25, 0.3) is 0 Å². The molecule has 38 heavy (non-hydrogen) atoms. The Morgan fingerprint density at radius 2 is 0.632 bits per heavy atom. The maximum atomic E-state index is 12.5. The molecular formula is C36H62O2. The molecule has 4 unspecified atom stereocenters. The second kappa shape index (κ2) is 9.21. The third-order valence-electron chi connectivity index (χ3n) is 13.9. The fourth-order valence-corrected chi connectivity index (χ4v) is 14.4. The number of rotatable bonds is 13. The lowest BCUT2D eigenvalue weighted by Crippen LogP contribution is -2.73. The first kappa shape index (κ1) is 28.1. The van der Waals surface area contributed by atoms with Gasteiger partial charge >= 0.3 is 0 Å². The first-order valence-corrected chi connectivity index (χ1v) is 17.4. The van der Waals surface area contributed by atoms with Crippen LogP contribution >= 0.6 is 0 Å². The second-order valence-electron chi connectivity index (χ2n) is 17.5. The molecule has 4 atom stereocenters. The summed E-state index contributed by atoms with van der Waals surface area (Å²) >= 11 is 0. The van der Waals surface area contributed by atoms with E-state index in [1.165, 1.54) is 116 Å². The fraction of sp³-hybridized carbons (Fsp3) is 1.00. The quantitative estimate of drug-likeness (QED) is 0.251. The molecule has 0 heterocycles. The molecule has 218 valence electrons. The number of hydrogen-bond acceptors (Lipinski definition) is 2. The Bertz CT molecular complexity index is 768. The van der Waals surface area contributed by atoms with Gasteiger partial charge in [0, 0.05) is 0 Å². The predicted molar refractivity (Wildman–Crippen MR) is 158 cm³/mol. The van der Waals surface area contributed by atoms with E-state index >= 15 is 0 Å². The molecular weight excluding hydrogens is 464 g/mol. The van der Waals surface area contributed by atoms with E-state index in [-0.39, 0.29) is 10.8 Å². The van der Waals surface area contributed by atoms with Crippen LogP contribution < -0.4 is 0 Å². The summed E-state index contributed by atoms with van der Waals surface area (Å²) < 4.78 is 0. The molecule has 8 fully saturated rings. The van der Waals surface area contributed by atoms with E-state index in [1.54, 1.807) is 0 Å². The molecule has 0 saturated heterocycles. The lowest BCUT2D eigenvalue weighted by Gasteiger charge is -2.80. The highest BCUT2D eigenvalue weighted by atomic mass is 16.3. The van der Waals surface area contributed by atoms with Crippen LogP contribution in [0.25, 0.3) is 0 Å². The third kappa shape index (κ3) is 4.30. The van der Waals surface area contributed by atoms with Crippen LogP contribution in [0.4, 0.5) is 0 Å². The molecule has 8 bridgehead atoms. The lowest BCUT2D eigenvalue weighted by atomic mass is 9.26. The van der Waals surface area contributed by atoms with Crippen molar-refractivity contribution in [3.05, 3.63) is 0 Å². The minimum absolute atomic E-state index is 0.252. The van der Waals surface area contributed by atoms with Crippen molar-refractivity contribution >= 4 is 0 Å². The smallest absolute Gasteiger partial charge is 0.0663 e. The molecule has 8 aliphatic rings. The van der Waals surface area contributed by atoms with E-state index in [0.29, 0.717) is 21.7 Å². The molecule has 8 aliphatic carbocycles. The largest absolute Gasteiger partial charge is 0.390 e. The lowest BCUT2D eigenvalue weighted by molar-refractivity contribution is -0.329. The SMILES string of the molecule is CCCCC12CC3(O)CC(CCCC)(C1)CC(C14CC5(O)CC(CCCC)(CC(CCCC)(C5)C1)C4)(C3)C2. The van der Waals surface area contributed by atoms with Gasteiger partial charge in [0.05, 0.1) is 11.2 Å². The van der Waals surface area contributed by atoms with Gasteiger partial charge in [0.1, 0.15) is 0 Å². The van der Waals surface area contributed by atoms with Gasteiger partial charge in [-0.2, -0.15) is 0 Å². The van der Waals surface area contributed by atoms with Crippen molar-refractivity contribution in [2.75, 3.05) is 0 Å². The maximum Gasteiger partial charge on any atom is 0.0663 e. The van der Waals surface area contributed by atoms with Crippen LogP contribution in [0.1, 0.15) is 182 Å². The molecule has 2 N–H and O–H groups in total. The summed E-state index contributed by atoms with van der Waals surface area (Å²) in [6.07, 6.45) is 30.5. The zero-order valence-corrected chi connectivity index (χ0v) is 25.9. The van der Waals surface area contributed by atoms with Gasteiger partial charge in [-0.25, -0.2) is 0 Å². The van der Waals surface area contributed by atoms with Gasteiger partial charge in [-0.3, -0.25) is 0 Å². The summed E-state index contributed by atoms with van der Waals surface area (Å²) in [5, 5.41) is 25.0. The Morgan fingerprint density at radius 1 is 0.368 bits per heavy atom. The summed E-state index contributed by atoms with van der Waals surface area (Å²) in [6.45, 7) is 9.45. The van der Waals surface area contributed by atoms with Crippen molar-refractivity contribution in [2.24, 2.45) is 32.5 Å². The molecule has 0 radical (unpaired) electrons. The van der Waals surface area contributed by atoms with Gasteiger partial charge < -0.3 is 10.2 Å². The molecule has 0 aromatic carbocycles. The molecule has 8 saturated carbocycles. The van der Waals surface area contributed by atoms with Crippen LogP contribution in [0.2, 0.25) is 0 Å². The standard InChI is InChI=1S/C36H62O2/c1-5-9-13-29-17-30(14-10-6-2)20-33(19-29,27-35(37,23-29)24-30)34-21-31(15-11-7-3)18-32(22-34,16-12-8-4)26-36(38,25-31)28-34/h37-38H,5-28H2,1-4H3. The van der Waals surface area contributed by atoms with Gasteiger partial charge in [-0.15, -0.1) is 0 Å². The highest BCUT2D eigenvalue weighted by Crippen LogP contribution is 2.84. The minimum atomic E-state index is -0.449. The number of unbranched alkanes of at least 4 members (excludes halogenated alkanes) is 4. The molecule has 0 aliphatic heterocycles. The van der Waals surface area contributed by atoms with Crippen molar-refractivity contribution in [2.45, 2.75) is 193 Å². The van der Waals surface area contributed by atoms with Crippen molar-refractivity contribution < 1.29 is 10.2 Å². The molecule has 0 aromatic rings. The van der Waals surface area contributed by atoms with Crippen LogP contribution in [0.5, 0.6) is 0 Å². The number of hydrogen-bond donors (Lipinski definition) is 2. The number of aliphatic hydroxyl groups is 2. The van der Waals surface area contributed by atoms with E-state index in [9.17, 15) is 10.2 Å². The van der Waals surface area contributed by atoms with Crippen molar-refractivity contribution in [1.29, 1.82) is 0 Å². The fourth-order valence-electron chi connectivity index (χ4n) is 14.4. The van der Waals surface area contributed by atoms with E-state index in [4.69, 9.17) is 0 Å². The molecule has 0 amide bonds.